The lowest BCUT2D eigenvalue weighted by atomic mass is 10.0. The normalized spacial score (nSPS) is 12.4. The first-order valence-electron chi connectivity index (χ1n) is 6.22. The molecule has 1 N–H and O–H groups in total. The van der Waals surface area contributed by atoms with Gasteiger partial charge < -0.3 is 5.11 Å². The molecule has 3 heteroatoms. The predicted octanol–water partition coefficient (Wildman–Crippen LogP) is 4.04. The molecule has 100 valence electrons. The van der Waals surface area contributed by atoms with Crippen molar-refractivity contribution < 1.29 is 9.50 Å². The van der Waals surface area contributed by atoms with Gasteiger partial charge in [-0.25, -0.2) is 4.39 Å². The number of rotatable bonds is 4. The first-order chi connectivity index (χ1) is 9.04. The second-order valence-corrected chi connectivity index (χ2v) is 5.64. The van der Waals surface area contributed by atoms with E-state index in [-0.39, 0.29) is 5.82 Å². The van der Waals surface area contributed by atoms with Gasteiger partial charge in [-0.1, -0.05) is 45.8 Å². The van der Waals surface area contributed by atoms with Crippen molar-refractivity contribution in [2.24, 2.45) is 0 Å². The molecule has 2 aromatic carbocycles. The average Bonchev–Trinajstić information content (AvgIpc) is 2.37. The van der Waals surface area contributed by atoms with Crippen LogP contribution in [-0.4, -0.2) is 11.2 Å². The zero-order valence-electron chi connectivity index (χ0n) is 10.7. The number of hydrogen-bond acceptors (Lipinski definition) is 1. The molecule has 2 aromatic rings. The molecule has 0 aliphatic rings. The number of aliphatic hydroxyl groups is 1. The maximum Gasteiger partial charge on any atom is 0.123 e. The molecule has 0 spiro atoms. The molecule has 0 saturated heterocycles. The van der Waals surface area contributed by atoms with Crippen molar-refractivity contribution in [1.82, 2.24) is 0 Å². The fraction of sp³-hybridized carbons (Fsp3) is 0.250. The van der Waals surface area contributed by atoms with E-state index in [1.807, 2.05) is 31.2 Å². The van der Waals surface area contributed by atoms with E-state index >= 15 is 0 Å². The van der Waals surface area contributed by atoms with Crippen LogP contribution in [0.3, 0.4) is 0 Å². The molecule has 0 aliphatic carbocycles. The summed E-state index contributed by atoms with van der Waals surface area (Å²) in [6, 6.07) is 12.6. The summed E-state index contributed by atoms with van der Waals surface area (Å²) in [6.07, 6.45) is 0.496. The van der Waals surface area contributed by atoms with E-state index in [2.05, 4.69) is 15.9 Å². The van der Waals surface area contributed by atoms with Crippen molar-refractivity contribution in [3.05, 3.63) is 69.4 Å². The van der Waals surface area contributed by atoms with Crippen molar-refractivity contribution in [3.8, 4) is 0 Å². The Kier molecular flexibility index (Phi) is 4.72. The van der Waals surface area contributed by atoms with Crippen LogP contribution in [-0.2, 0) is 12.8 Å². The predicted molar refractivity (Wildman–Crippen MR) is 78.7 cm³/mol. The summed E-state index contributed by atoms with van der Waals surface area (Å²) in [4.78, 5) is 0. The zero-order valence-corrected chi connectivity index (χ0v) is 12.3. The fourth-order valence-corrected chi connectivity index (χ4v) is 2.43. The second kappa shape index (κ2) is 6.31. The minimum absolute atomic E-state index is 0.277. The topological polar surface area (TPSA) is 20.2 Å². The summed E-state index contributed by atoms with van der Waals surface area (Å²) < 4.78 is 14.0. The Balaban J connectivity index is 2.02. The van der Waals surface area contributed by atoms with Crippen LogP contribution in [0.4, 0.5) is 4.39 Å². The Hall–Kier alpha value is -1.19. The lowest BCUT2D eigenvalue weighted by Gasteiger charge is -2.12. The Bertz CT molecular complexity index is 551. The molecule has 0 fully saturated rings. The van der Waals surface area contributed by atoms with E-state index in [1.54, 1.807) is 6.07 Å². The summed E-state index contributed by atoms with van der Waals surface area (Å²) in [5, 5.41) is 10.1. The largest absolute Gasteiger partial charge is 0.392 e. The van der Waals surface area contributed by atoms with E-state index in [4.69, 9.17) is 0 Å². The molecule has 0 aliphatic heterocycles. The molecular formula is C16H16BrFO. The third kappa shape index (κ3) is 4.15. The van der Waals surface area contributed by atoms with Crippen LogP contribution >= 0.6 is 15.9 Å². The molecule has 2 rings (SSSR count). The minimum Gasteiger partial charge on any atom is -0.392 e. The highest BCUT2D eigenvalue weighted by Crippen LogP contribution is 2.20. The van der Waals surface area contributed by atoms with Gasteiger partial charge in [-0.15, -0.1) is 0 Å². The average molecular weight is 323 g/mol. The number of benzene rings is 2. The standard InChI is InChI=1S/C16H16BrFO/c1-11-2-4-12(5-3-11)8-15(19)10-13-9-14(18)6-7-16(13)17/h2-7,9,15,19H,8,10H2,1H3. The fourth-order valence-electron chi connectivity index (χ4n) is 2.02. The highest BCUT2D eigenvalue weighted by Gasteiger charge is 2.10. The van der Waals surface area contributed by atoms with Gasteiger partial charge in [-0.3, -0.25) is 0 Å². The highest BCUT2D eigenvalue weighted by atomic mass is 79.9. The van der Waals surface area contributed by atoms with Gasteiger partial charge in [0.2, 0.25) is 0 Å². The van der Waals surface area contributed by atoms with Gasteiger partial charge in [0.25, 0.3) is 0 Å². The molecule has 1 atom stereocenters. The van der Waals surface area contributed by atoms with Crippen molar-refractivity contribution in [3.63, 3.8) is 0 Å². The van der Waals surface area contributed by atoms with Crippen LogP contribution in [0, 0.1) is 12.7 Å². The van der Waals surface area contributed by atoms with E-state index in [9.17, 15) is 9.50 Å². The van der Waals surface area contributed by atoms with Gasteiger partial charge in [0.15, 0.2) is 0 Å². The molecule has 1 unspecified atom stereocenters. The van der Waals surface area contributed by atoms with Crippen LogP contribution in [0.5, 0.6) is 0 Å². The Morgan fingerprint density at radius 1 is 1.11 bits per heavy atom. The molecule has 19 heavy (non-hydrogen) atoms. The summed E-state index contributed by atoms with van der Waals surface area (Å²) in [5.41, 5.74) is 3.08. The SMILES string of the molecule is Cc1ccc(CC(O)Cc2cc(F)ccc2Br)cc1. The Morgan fingerprint density at radius 2 is 1.79 bits per heavy atom. The van der Waals surface area contributed by atoms with Crippen LogP contribution in [0.15, 0.2) is 46.9 Å². The quantitative estimate of drug-likeness (QED) is 0.900. The summed E-state index contributed by atoms with van der Waals surface area (Å²) in [6.45, 7) is 2.03. The molecular weight excluding hydrogens is 307 g/mol. The Morgan fingerprint density at radius 3 is 2.47 bits per heavy atom. The minimum atomic E-state index is -0.513. The van der Waals surface area contributed by atoms with E-state index in [1.165, 1.54) is 17.7 Å². The first kappa shape index (κ1) is 14.2. The number of aryl methyl sites for hydroxylation is 1. The number of aliphatic hydroxyl groups excluding tert-OH is 1. The lowest BCUT2D eigenvalue weighted by molar-refractivity contribution is 0.175. The highest BCUT2D eigenvalue weighted by molar-refractivity contribution is 9.10. The maximum atomic E-state index is 13.2. The molecule has 0 saturated carbocycles. The van der Waals surface area contributed by atoms with E-state index < -0.39 is 6.10 Å². The molecule has 0 bridgehead atoms. The van der Waals surface area contributed by atoms with Gasteiger partial charge in [0.1, 0.15) is 5.82 Å². The van der Waals surface area contributed by atoms with Crippen LogP contribution < -0.4 is 0 Å². The molecule has 0 heterocycles. The first-order valence-corrected chi connectivity index (χ1v) is 7.01. The molecule has 1 nitrogen and oxygen atoms in total. The third-order valence-corrected chi connectivity index (χ3v) is 3.83. The van der Waals surface area contributed by atoms with Gasteiger partial charge in [0, 0.05) is 4.47 Å². The zero-order chi connectivity index (χ0) is 13.8. The van der Waals surface area contributed by atoms with E-state index in [0.29, 0.717) is 12.8 Å². The van der Waals surface area contributed by atoms with Crippen molar-refractivity contribution in [2.75, 3.05) is 0 Å². The van der Waals surface area contributed by atoms with Gasteiger partial charge in [-0.2, -0.15) is 0 Å². The van der Waals surface area contributed by atoms with Gasteiger partial charge in [0.05, 0.1) is 6.10 Å². The number of halogens is 2. The van der Waals surface area contributed by atoms with Gasteiger partial charge in [-0.05, 0) is 49.1 Å². The van der Waals surface area contributed by atoms with Crippen LogP contribution in [0.25, 0.3) is 0 Å². The van der Waals surface area contributed by atoms with Crippen molar-refractivity contribution in [2.45, 2.75) is 25.9 Å². The van der Waals surface area contributed by atoms with Crippen LogP contribution in [0.1, 0.15) is 16.7 Å². The van der Waals surface area contributed by atoms with E-state index in [0.717, 1.165) is 15.6 Å². The smallest absolute Gasteiger partial charge is 0.123 e. The third-order valence-electron chi connectivity index (χ3n) is 3.06. The summed E-state index contributed by atoms with van der Waals surface area (Å²) in [5.74, 6) is -0.277. The summed E-state index contributed by atoms with van der Waals surface area (Å²) in [7, 11) is 0. The maximum absolute atomic E-state index is 13.2. The molecule has 0 amide bonds. The molecule has 0 radical (unpaired) electrons. The van der Waals surface area contributed by atoms with Gasteiger partial charge >= 0.3 is 0 Å². The molecule has 0 aromatic heterocycles. The van der Waals surface area contributed by atoms with Crippen molar-refractivity contribution in [1.29, 1.82) is 0 Å². The number of hydrogen-bond donors (Lipinski definition) is 1. The lowest BCUT2D eigenvalue weighted by Crippen LogP contribution is -2.14. The van der Waals surface area contributed by atoms with Crippen LogP contribution in [0.2, 0.25) is 0 Å². The Labute approximate surface area is 121 Å². The van der Waals surface area contributed by atoms with Crippen molar-refractivity contribution >= 4 is 15.9 Å². The second-order valence-electron chi connectivity index (χ2n) is 4.78. The monoisotopic (exact) mass is 322 g/mol. The summed E-state index contributed by atoms with van der Waals surface area (Å²) >= 11 is 3.38.